The van der Waals surface area contributed by atoms with Gasteiger partial charge in [-0.1, -0.05) is 25.5 Å². The standard InChI is InChI=1S/C21H26F4N2O6S/c1-2-3-16(18(29)20(30)31)27(17(28)10-11-34(32,33)12-13-4-5-13)26-19(21(23,24)25)14-6-8-15(22)9-7-14/h6-9,13,16,19,26H,2-5,10-12H2,1H3,(H,30,31)/t16-,19-/m0/s1. The van der Waals surface area contributed by atoms with Crippen molar-refractivity contribution in [3.8, 4) is 0 Å². The molecule has 0 bridgehead atoms. The number of ketones is 1. The number of rotatable bonds is 13. The zero-order chi connectivity index (χ0) is 25.7. The largest absolute Gasteiger partial charge is 0.475 e. The highest BCUT2D eigenvalue weighted by atomic mass is 32.2. The first-order chi connectivity index (χ1) is 15.7. The summed E-state index contributed by atoms with van der Waals surface area (Å²) in [4.78, 5) is 36.5. The van der Waals surface area contributed by atoms with Gasteiger partial charge < -0.3 is 5.11 Å². The van der Waals surface area contributed by atoms with Crippen LogP contribution in [0.15, 0.2) is 24.3 Å². The number of alkyl halides is 3. The zero-order valence-corrected chi connectivity index (χ0v) is 19.2. The molecule has 0 aliphatic heterocycles. The molecule has 0 aromatic heterocycles. The van der Waals surface area contributed by atoms with E-state index in [1.807, 2.05) is 5.43 Å². The number of carboxylic acid groups (broad SMARTS) is 1. The average Bonchev–Trinajstić information content (AvgIpc) is 3.54. The quantitative estimate of drug-likeness (QED) is 0.238. The number of carbonyl (C=O) groups is 3. The van der Waals surface area contributed by atoms with Gasteiger partial charge in [0.2, 0.25) is 5.91 Å². The topological polar surface area (TPSA) is 121 Å². The Morgan fingerprint density at radius 3 is 2.24 bits per heavy atom. The summed E-state index contributed by atoms with van der Waals surface area (Å²) in [5.41, 5.74) is 1.40. The van der Waals surface area contributed by atoms with Crippen LogP contribution in [0, 0.1) is 11.7 Å². The van der Waals surface area contributed by atoms with Gasteiger partial charge >= 0.3 is 12.1 Å². The molecule has 1 fully saturated rings. The lowest BCUT2D eigenvalue weighted by molar-refractivity contribution is -0.179. The molecule has 34 heavy (non-hydrogen) atoms. The van der Waals surface area contributed by atoms with Crippen LogP contribution in [0.3, 0.4) is 0 Å². The molecule has 0 saturated heterocycles. The van der Waals surface area contributed by atoms with Gasteiger partial charge in [0, 0.05) is 6.42 Å². The Bertz CT molecular complexity index is 994. The van der Waals surface area contributed by atoms with E-state index in [9.17, 15) is 40.4 Å². The lowest BCUT2D eigenvalue weighted by atomic mass is 10.0. The predicted molar refractivity (Wildman–Crippen MR) is 113 cm³/mol. The van der Waals surface area contributed by atoms with Crippen molar-refractivity contribution in [2.75, 3.05) is 11.5 Å². The van der Waals surface area contributed by atoms with E-state index in [1.165, 1.54) is 6.92 Å². The molecule has 0 spiro atoms. The second kappa shape index (κ2) is 11.3. The highest BCUT2D eigenvalue weighted by Crippen LogP contribution is 2.34. The molecule has 1 aromatic rings. The van der Waals surface area contributed by atoms with Crippen molar-refractivity contribution in [1.82, 2.24) is 10.4 Å². The number of nitrogens with zero attached hydrogens (tertiary/aromatic N) is 1. The van der Waals surface area contributed by atoms with Crippen molar-refractivity contribution in [2.45, 2.75) is 57.3 Å². The fourth-order valence-corrected chi connectivity index (χ4v) is 5.05. The summed E-state index contributed by atoms with van der Waals surface area (Å²) in [5, 5.41) is 9.41. The van der Waals surface area contributed by atoms with E-state index < -0.39 is 69.3 Å². The van der Waals surface area contributed by atoms with Gasteiger partial charge in [-0.15, -0.1) is 0 Å². The summed E-state index contributed by atoms with van der Waals surface area (Å²) in [6, 6.07) is -1.20. The van der Waals surface area contributed by atoms with Crippen LogP contribution in [-0.4, -0.2) is 59.9 Å². The summed E-state index contributed by atoms with van der Waals surface area (Å²) in [7, 11) is -3.68. The smallest absolute Gasteiger partial charge is 0.409 e. The van der Waals surface area contributed by atoms with Crippen LogP contribution in [-0.2, 0) is 24.2 Å². The number of Topliss-reactive ketones (excluding diaryl/α,β-unsaturated/α-hetero) is 1. The van der Waals surface area contributed by atoms with Gasteiger partial charge in [-0.3, -0.25) is 14.6 Å². The van der Waals surface area contributed by atoms with Gasteiger partial charge in [0.05, 0.1) is 11.5 Å². The Morgan fingerprint density at radius 1 is 1.18 bits per heavy atom. The van der Waals surface area contributed by atoms with Crippen LogP contribution in [0.5, 0.6) is 0 Å². The number of halogens is 4. The van der Waals surface area contributed by atoms with Crippen LogP contribution in [0.1, 0.15) is 50.6 Å². The molecule has 1 aromatic carbocycles. The maximum Gasteiger partial charge on any atom is 0.409 e. The van der Waals surface area contributed by atoms with Gasteiger partial charge in [0.25, 0.3) is 5.78 Å². The van der Waals surface area contributed by atoms with Crippen molar-refractivity contribution < 1.29 is 45.5 Å². The fourth-order valence-electron chi connectivity index (χ4n) is 3.35. The summed E-state index contributed by atoms with van der Waals surface area (Å²) in [5.74, 6) is -6.28. The Balaban J connectivity index is 2.38. The number of carboxylic acids is 1. The first-order valence-electron chi connectivity index (χ1n) is 10.6. The van der Waals surface area contributed by atoms with E-state index in [-0.39, 0.29) is 29.5 Å². The molecule has 190 valence electrons. The van der Waals surface area contributed by atoms with E-state index in [0.29, 0.717) is 0 Å². The molecule has 0 heterocycles. The van der Waals surface area contributed by atoms with Crippen LogP contribution >= 0.6 is 0 Å². The summed E-state index contributed by atoms with van der Waals surface area (Å²) >= 11 is 0. The van der Waals surface area contributed by atoms with Gasteiger partial charge in [-0.25, -0.2) is 23.0 Å². The van der Waals surface area contributed by atoms with Gasteiger partial charge in [-0.2, -0.15) is 13.2 Å². The number of hydrogen-bond donors (Lipinski definition) is 2. The molecule has 2 atom stereocenters. The van der Waals surface area contributed by atoms with E-state index in [1.54, 1.807) is 0 Å². The number of nitrogens with one attached hydrogen (secondary N) is 1. The third-order valence-corrected chi connectivity index (χ3v) is 7.07. The molecule has 0 radical (unpaired) electrons. The number of benzene rings is 1. The SMILES string of the molecule is CCC[C@@H](C(=O)C(=O)O)N(N[C@@H](c1ccc(F)cc1)C(F)(F)F)C(=O)CCS(=O)(=O)CC1CC1. The number of amides is 1. The van der Waals surface area contributed by atoms with Crippen molar-refractivity contribution in [1.29, 1.82) is 0 Å². The Hall–Kier alpha value is -2.54. The lowest BCUT2D eigenvalue weighted by Crippen LogP contribution is -2.57. The maximum absolute atomic E-state index is 13.9. The normalized spacial score (nSPS) is 16.0. The molecular formula is C21H26F4N2O6S. The molecule has 1 amide bonds. The monoisotopic (exact) mass is 510 g/mol. The van der Waals surface area contributed by atoms with E-state index in [2.05, 4.69) is 0 Å². The van der Waals surface area contributed by atoms with E-state index >= 15 is 0 Å². The minimum Gasteiger partial charge on any atom is -0.475 e. The van der Waals surface area contributed by atoms with Crippen molar-refractivity contribution >= 4 is 27.5 Å². The Labute approximate surface area is 194 Å². The molecule has 2 rings (SSSR count). The maximum atomic E-state index is 13.9. The highest BCUT2D eigenvalue weighted by Gasteiger charge is 2.45. The number of carbonyl (C=O) groups excluding carboxylic acids is 2. The first kappa shape index (κ1) is 27.7. The lowest BCUT2D eigenvalue weighted by Gasteiger charge is -2.35. The fraction of sp³-hybridized carbons (Fsp3) is 0.571. The minimum atomic E-state index is -5.03. The van der Waals surface area contributed by atoms with Crippen molar-refractivity contribution in [3.05, 3.63) is 35.6 Å². The van der Waals surface area contributed by atoms with Crippen LogP contribution in [0.4, 0.5) is 17.6 Å². The summed E-state index contributed by atoms with van der Waals surface area (Å²) in [6.45, 7) is 1.53. The Morgan fingerprint density at radius 2 is 1.76 bits per heavy atom. The molecule has 1 saturated carbocycles. The molecule has 13 heteroatoms. The van der Waals surface area contributed by atoms with Crippen LogP contribution in [0.25, 0.3) is 0 Å². The molecule has 2 N–H and O–H groups in total. The first-order valence-corrected chi connectivity index (χ1v) is 12.4. The van der Waals surface area contributed by atoms with E-state index in [0.717, 1.165) is 37.1 Å². The summed E-state index contributed by atoms with van der Waals surface area (Å²) < 4.78 is 79.3. The van der Waals surface area contributed by atoms with Crippen LogP contribution < -0.4 is 5.43 Å². The minimum absolute atomic E-state index is 0.0103. The Kier molecular flexibility index (Phi) is 9.17. The molecule has 0 unspecified atom stereocenters. The average molecular weight is 511 g/mol. The molecular weight excluding hydrogens is 484 g/mol. The highest BCUT2D eigenvalue weighted by molar-refractivity contribution is 7.91. The zero-order valence-electron chi connectivity index (χ0n) is 18.3. The number of hydrogen-bond acceptors (Lipinski definition) is 6. The van der Waals surface area contributed by atoms with Crippen LogP contribution in [0.2, 0.25) is 0 Å². The molecule has 8 nitrogen and oxygen atoms in total. The van der Waals surface area contributed by atoms with Gasteiger partial charge in [0.15, 0.2) is 9.84 Å². The van der Waals surface area contributed by atoms with Crippen molar-refractivity contribution in [3.63, 3.8) is 0 Å². The molecule has 1 aliphatic carbocycles. The number of aliphatic carboxylic acids is 1. The number of sulfone groups is 1. The number of hydrazine groups is 1. The second-order valence-electron chi connectivity index (χ2n) is 8.20. The third kappa shape index (κ3) is 8.05. The van der Waals surface area contributed by atoms with Gasteiger partial charge in [-0.05, 0) is 42.9 Å². The second-order valence-corrected chi connectivity index (χ2v) is 10.4. The van der Waals surface area contributed by atoms with Gasteiger partial charge in [0.1, 0.15) is 17.9 Å². The third-order valence-electron chi connectivity index (χ3n) is 5.27. The van der Waals surface area contributed by atoms with E-state index in [4.69, 9.17) is 5.11 Å². The predicted octanol–water partition coefficient (Wildman–Crippen LogP) is 2.80. The van der Waals surface area contributed by atoms with Crippen molar-refractivity contribution in [2.24, 2.45) is 5.92 Å². The molecule has 1 aliphatic rings. The summed E-state index contributed by atoms with van der Waals surface area (Å²) in [6.07, 6.45) is -4.45.